The predicted octanol–water partition coefficient (Wildman–Crippen LogP) is 2.60. The van der Waals surface area contributed by atoms with Gasteiger partial charge in [0.25, 0.3) is 0 Å². The van der Waals surface area contributed by atoms with Crippen LogP contribution < -0.4 is 5.32 Å². The standard InChI is InChI=1S/C13H29NO2/c1-12(2)14-8-6-7-9-15-10-11-16-13(3,4)5/h12,14H,6-11H2,1-5H3. The zero-order valence-electron chi connectivity index (χ0n) is 11.6. The van der Waals surface area contributed by atoms with Gasteiger partial charge in [-0.1, -0.05) is 13.8 Å². The lowest BCUT2D eigenvalue weighted by Gasteiger charge is -2.19. The quantitative estimate of drug-likeness (QED) is 0.619. The maximum absolute atomic E-state index is 5.55. The molecule has 0 radical (unpaired) electrons. The van der Waals surface area contributed by atoms with Crippen molar-refractivity contribution < 1.29 is 9.47 Å². The van der Waals surface area contributed by atoms with Crippen LogP contribution in [-0.2, 0) is 9.47 Å². The van der Waals surface area contributed by atoms with Gasteiger partial charge < -0.3 is 14.8 Å². The summed E-state index contributed by atoms with van der Waals surface area (Å²) in [7, 11) is 0. The number of unbranched alkanes of at least 4 members (excludes halogenated alkanes) is 1. The lowest BCUT2D eigenvalue weighted by molar-refractivity contribution is -0.0351. The van der Waals surface area contributed by atoms with Crippen LogP contribution in [0.2, 0.25) is 0 Å². The average molecular weight is 231 g/mol. The van der Waals surface area contributed by atoms with Crippen molar-refractivity contribution in [3.8, 4) is 0 Å². The second-order valence-electron chi connectivity index (χ2n) is 5.39. The third-order valence-corrected chi connectivity index (χ3v) is 2.03. The van der Waals surface area contributed by atoms with Crippen molar-refractivity contribution in [3.63, 3.8) is 0 Å². The molecule has 0 aliphatic carbocycles. The highest BCUT2D eigenvalue weighted by atomic mass is 16.5. The Kier molecular flexibility index (Phi) is 8.90. The Morgan fingerprint density at radius 1 is 1.00 bits per heavy atom. The van der Waals surface area contributed by atoms with E-state index in [1.165, 1.54) is 6.42 Å². The van der Waals surface area contributed by atoms with Crippen molar-refractivity contribution in [3.05, 3.63) is 0 Å². The minimum atomic E-state index is -0.0510. The summed E-state index contributed by atoms with van der Waals surface area (Å²) in [5.74, 6) is 0. The first kappa shape index (κ1) is 15.9. The molecule has 98 valence electrons. The van der Waals surface area contributed by atoms with E-state index in [2.05, 4.69) is 39.9 Å². The summed E-state index contributed by atoms with van der Waals surface area (Å²) < 4.78 is 11.0. The van der Waals surface area contributed by atoms with E-state index in [4.69, 9.17) is 9.47 Å². The summed E-state index contributed by atoms with van der Waals surface area (Å²) in [6.07, 6.45) is 2.30. The first-order valence-corrected chi connectivity index (χ1v) is 6.37. The molecule has 0 aromatic rings. The molecule has 0 aliphatic heterocycles. The van der Waals surface area contributed by atoms with Gasteiger partial charge in [-0.25, -0.2) is 0 Å². The van der Waals surface area contributed by atoms with Crippen LogP contribution in [0.25, 0.3) is 0 Å². The van der Waals surface area contributed by atoms with Crippen LogP contribution in [0.1, 0.15) is 47.5 Å². The van der Waals surface area contributed by atoms with Crippen molar-refractivity contribution in [2.75, 3.05) is 26.4 Å². The van der Waals surface area contributed by atoms with E-state index in [9.17, 15) is 0 Å². The molecule has 0 atom stereocenters. The van der Waals surface area contributed by atoms with Crippen LogP contribution in [0, 0.1) is 0 Å². The van der Waals surface area contributed by atoms with Crippen LogP contribution in [0.5, 0.6) is 0 Å². The zero-order valence-corrected chi connectivity index (χ0v) is 11.6. The number of nitrogens with one attached hydrogen (secondary N) is 1. The van der Waals surface area contributed by atoms with Crippen LogP contribution in [0.4, 0.5) is 0 Å². The maximum Gasteiger partial charge on any atom is 0.0707 e. The molecule has 0 unspecified atom stereocenters. The molecule has 0 rings (SSSR count). The normalized spacial score (nSPS) is 12.4. The van der Waals surface area contributed by atoms with Gasteiger partial charge in [0.2, 0.25) is 0 Å². The third kappa shape index (κ3) is 13.9. The summed E-state index contributed by atoms with van der Waals surface area (Å²) in [5, 5.41) is 3.39. The van der Waals surface area contributed by atoms with Gasteiger partial charge in [0, 0.05) is 12.6 Å². The van der Waals surface area contributed by atoms with E-state index < -0.39 is 0 Å². The Morgan fingerprint density at radius 3 is 2.25 bits per heavy atom. The molecule has 0 aromatic carbocycles. The van der Waals surface area contributed by atoms with Crippen molar-refractivity contribution >= 4 is 0 Å². The molecule has 0 fully saturated rings. The molecule has 3 nitrogen and oxygen atoms in total. The summed E-state index contributed by atoms with van der Waals surface area (Å²) in [6.45, 7) is 13.8. The molecule has 0 saturated carbocycles. The number of hydrogen-bond donors (Lipinski definition) is 1. The van der Waals surface area contributed by atoms with Crippen LogP contribution in [0.15, 0.2) is 0 Å². The maximum atomic E-state index is 5.55. The fourth-order valence-corrected chi connectivity index (χ4v) is 1.23. The number of rotatable bonds is 9. The molecule has 16 heavy (non-hydrogen) atoms. The predicted molar refractivity (Wildman–Crippen MR) is 68.9 cm³/mol. The van der Waals surface area contributed by atoms with Gasteiger partial charge in [-0.15, -0.1) is 0 Å². The largest absolute Gasteiger partial charge is 0.379 e. The molecular formula is C13H29NO2. The van der Waals surface area contributed by atoms with Gasteiger partial charge in [0.15, 0.2) is 0 Å². The van der Waals surface area contributed by atoms with E-state index in [1.807, 2.05) is 0 Å². The Labute approximate surface area is 101 Å². The van der Waals surface area contributed by atoms with Crippen molar-refractivity contribution in [2.24, 2.45) is 0 Å². The van der Waals surface area contributed by atoms with E-state index in [0.717, 1.165) is 19.6 Å². The minimum Gasteiger partial charge on any atom is -0.379 e. The van der Waals surface area contributed by atoms with Crippen LogP contribution in [0.3, 0.4) is 0 Å². The number of hydrogen-bond acceptors (Lipinski definition) is 3. The molecule has 0 heterocycles. The molecule has 1 N–H and O–H groups in total. The Balaban J connectivity index is 3.05. The second-order valence-corrected chi connectivity index (χ2v) is 5.39. The molecule has 3 heteroatoms. The average Bonchev–Trinajstić information content (AvgIpc) is 2.13. The van der Waals surface area contributed by atoms with Gasteiger partial charge in [0.1, 0.15) is 0 Å². The third-order valence-electron chi connectivity index (χ3n) is 2.03. The van der Waals surface area contributed by atoms with Gasteiger partial charge in [-0.2, -0.15) is 0 Å². The lowest BCUT2D eigenvalue weighted by atomic mass is 10.2. The zero-order chi connectivity index (χ0) is 12.4. The van der Waals surface area contributed by atoms with Crippen molar-refractivity contribution in [1.82, 2.24) is 5.32 Å². The number of ether oxygens (including phenoxy) is 2. The van der Waals surface area contributed by atoms with E-state index in [0.29, 0.717) is 19.3 Å². The first-order valence-electron chi connectivity index (χ1n) is 6.37. The molecule has 0 aliphatic rings. The summed E-state index contributed by atoms with van der Waals surface area (Å²) >= 11 is 0. The Morgan fingerprint density at radius 2 is 1.69 bits per heavy atom. The van der Waals surface area contributed by atoms with Crippen molar-refractivity contribution in [2.45, 2.75) is 59.1 Å². The van der Waals surface area contributed by atoms with Gasteiger partial charge >= 0.3 is 0 Å². The topological polar surface area (TPSA) is 30.5 Å². The van der Waals surface area contributed by atoms with Crippen LogP contribution >= 0.6 is 0 Å². The van der Waals surface area contributed by atoms with Gasteiger partial charge in [-0.3, -0.25) is 0 Å². The highest BCUT2D eigenvalue weighted by Gasteiger charge is 2.08. The highest BCUT2D eigenvalue weighted by Crippen LogP contribution is 2.05. The highest BCUT2D eigenvalue weighted by molar-refractivity contribution is 4.58. The summed E-state index contributed by atoms with van der Waals surface area (Å²) in [4.78, 5) is 0. The van der Waals surface area contributed by atoms with Gasteiger partial charge in [0.05, 0.1) is 18.8 Å². The fourth-order valence-electron chi connectivity index (χ4n) is 1.23. The summed E-state index contributed by atoms with van der Waals surface area (Å²) in [6, 6.07) is 0.584. The molecule has 0 bridgehead atoms. The SMILES string of the molecule is CC(C)NCCCCOCCOC(C)(C)C. The molecule has 0 saturated heterocycles. The monoisotopic (exact) mass is 231 g/mol. The molecule has 0 amide bonds. The van der Waals surface area contributed by atoms with Crippen LogP contribution in [-0.4, -0.2) is 38.0 Å². The lowest BCUT2D eigenvalue weighted by Crippen LogP contribution is -2.24. The molecule has 0 aromatic heterocycles. The Hall–Kier alpha value is -0.120. The molecular weight excluding hydrogens is 202 g/mol. The smallest absolute Gasteiger partial charge is 0.0707 e. The first-order chi connectivity index (χ1) is 7.42. The minimum absolute atomic E-state index is 0.0510. The van der Waals surface area contributed by atoms with Gasteiger partial charge in [-0.05, 0) is 40.2 Å². The summed E-state index contributed by atoms with van der Waals surface area (Å²) in [5.41, 5.74) is -0.0510. The van der Waals surface area contributed by atoms with E-state index in [1.54, 1.807) is 0 Å². The van der Waals surface area contributed by atoms with E-state index >= 15 is 0 Å². The Bertz CT molecular complexity index is 153. The second kappa shape index (κ2) is 8.97. The molecule has 0 spiro atoms. The fraction of sp³-hybridized carbons (Fsp3) is 1.00. The van der Waals surface area contributed by atoms with Crippen molar-refractivity contribution in [1.29, 1.82) is 0 Å². The van der Waals surface area contributed by atoms with E-state index in [-0.39, 0.29) is 5.60 Å².